The van der Waals surface area contributed by atoms with E-state index in [4.69, 9.17) is 4.74 Å². The average molecular weight is 499 g/mol. The third-order valence-electron chi connectivity index (χ3n) is 13.8. The lowest BCUT2D eigenvalue weighted by Crippen LogP contribution is -2.66. The van der Waals surface area contributed by atoms with Gasteiger partial charge >= 0.3 is 5.97 Å². The maximum absolute atomic E-state index is 11.9. The molecule has 0 saturated heterocycles. The molecule has 5 aliphatic rings. The minimum atomic E-state index is -0.197. The Labute approximate surface area is 219 Å². The first-order valence-corrected chi connectivity index (χ1v) is 14.7. The zero-order valence-corrected chi connectivity index (χ0v) is 23.7. The molecule has 0 aromatic rings. The number of esters is 1. The van der Waals surface area contributed by atoms with Crippen molar-refractivity contribution in [3.8, 4) is 0 Å². The van der Waals surface area contributed by atoms with Gasteiger partial charge in [-0.25, -0.2) is 0 Å². The Balaban J connectivity index is 1.53. The van der Waals surface area contributed by atoms with Gasteiger partial charge in [0.25, 0.3) is 0 Å². The highest BCUT2D eigenvalue weighted by molar-refractivity contribution is 5.73. The van der Waals surface area contributed by atoms with Crippen molar-refractivity contribution < 1.29 is 19.4 Å². The molecule has 0 heterocycles. The highest BCUT2D eigenvalue weighted by atomic mass is 16.5. The molecule has 5 rings (SSSR count). The van der Waals surface area contributed by atoms with E-state index in [-0.39, 0.29) is 45.1 Å². The summed E-state index contributed by atoms with van der Waals surface area (Å²) in [6.07, 6.45) is 12.0. The predicted octanol–water partition coefficient (Wildman–Crippen LogP) is 6.75. The lowest BCUT2D eigenvalue weighted by Gasteiger charge is -2.73. The first-order valence-electron chi connectivity index (χ1n) is 14.7. The van der Waals surface area contributed by atoms with E-state index in [9.17, 15) is 14.7 Å². The molecular formula is C32H50O4. The van der Waals surface area contributed by atoms with Crippen LogP contribution in [0.15, 0.2) is 12.2 Å². The van der Waals surface area contributed by atoms with Crippen LogP contribution in [0.3, 0.4) is 0 Å². The summed E-state index contributed by atoms with van der Waals surface area (Å²) in [4.78, 5) is 23.8. The summed E-state index contributed by atoms with van der Waals surface area (Å²) in [5.74, 6) is 2.12. The van der Waals surface area contributed by atoms with Gasteiger partial charge in [-0.1, -0.05) is 41.2 Å². The fourth-order valence-electron chi connectivity index (χ4n) is 11.7. The minimum absolute atomic E-state index is 0.0201. The molecule has 4 heteroatoms. The zero-order chi connectivity index (χ0) is 26.3. The van der Waals surface area contributed by atoms with Crippen LogP contribution in [0, 0.1) is 56.7 Å². The van der Waals surface area contributed by atoms with Crippen molar-refractivity contribution in [3.63, 3.8) is 0 Å². The van der Waals surface area contributed by atoms with Crippen LogP contribution in [-0.2, 0) is 14.3 Å². The van der Waals surface area contributed by atoms with E-state index in [2.05, 4.69) is 41.2 Å². The fourth-order valence-corrected chi connectivity index (χ4v) is 11.7. The molecule has 1 N–H and O–H groups in total. The summed E-state index contributed by atoms with van der Waals surface area (Å²) in [5.41, 5.74) is 1.39. The number of hydrogen-bond donors (Lipinski definition) is 1. The Hall–Kier alpha value is -1.16. The van der Waals surface area contributed by atoms with Crippen LogP contribution in [0.4, 0.5) is 0 Å². The number of fused-ring (bicyclic) bond motifs is 7. The smallest absolute Gasteiger partial charge is 0.302 e. The molecule has 5 aliphatic carbocycles. The summed E-state index contributed by atoms with van der Waals surface area (Å²) in [6.45, 7) is 18.6. The van der Waals surface area contributed by atoms with Gasteiger partial charge in [0.15, 0.2) is 0 Å². The van der Waals surface area contributed by atoms with Gasteiger partial charge in [0.1, 0.15) is 6.29 Å². The van der Waals surface area contributed by atoms with Gasteiger partial charge in [-0.15, -0.1) is 0 Å². The van der Waals surface area contributed by atoms with Gasteiger partial charge in [-0.05, 0) is 121 Å². The van der Waals surface area contributed by atoms with Crippen molar-refractivity contribution in [2.75, 3.05) is 6.61 Å². The Kier molecular flexibility index (Phi) is 6.18. The molecule has 0 spiro atoms. The number of carbonyl (C=O) groups excluding carboxylic acids is 2. The van der Waals surface area contributed by atoms with Crippen LogP contribution < -0.4 is 0 Å². The summed E-state index contributed by atoms with van der Waals surface area (Å²) in [5, 5.41) is 10.9. The van der Waals surface area contributed by atoms with Crippen molar-refractivity contribution in [2.45, 2.75) is 112 Å². The molecule has 0 bridgehead atoms. The molecular weight excluding hydrogens is 448 g/mol. The number of allylic oxidation sites excluding steroid dienone is 1. The van der Waals surface area contributed by atoms with E-state index in [1.807, 2.05) is 0 Å². The topological polar surface area (TPSA) is 63.6 Å². The first-order chi connectivity index (χ1) is 16.8. The van der Waals surface area contributed by atoms with E-state index in [1.165, 1.54) is 39.0 Å². The van der Waals surface area contributed by atoms with Crippen LogP contribution in [0.1, 0.15) is 106 Å². The van der Waals surface area contributed by atoms with Crippen molar-refractivity contribution in [1.29, 1.82) is 0 Å². The normalized spacial score (nSPS) is 51.2. The lowest BCUT2D eigenvalue weighted by molar-refractivity contribution is -0.249. The molecule has 0 amide bonds. The van der Waals surface area contributed by atoms with Gasteiger partial charge in [-0.2, -0.15) is 0 Å². The predicted molar refractivity (Wildman–Crippen MR) is 142 cm³/mol. The minimum Gasteiger partial charge on any atom is -0.465 e. The number of aldehydes is 1. The van der Waals surface area contributed by atoms with E-state index < -0.39 is 0 Å². The molecule has 0 aromatic heterocycles. The molecule has 0 aliphatic heterocycles. The Bertz CT molecular complexity index is 938. The highest BCUT2D eigenvalue weighted by Gasteiger charge is 2.71. The van der Waals surface area contributed by atoms with Crippen LogP contribution >= 0.6 is 0 Å². The van der Waals surface area contributed by atoms with Crippen LogP contribution in [0.5, 0.6) is 0 Å². The van der Waals surface area contributed by atoms with E-state index in [0.717, 1.165) is 44.0 Å². The van der Waals surface area contributed by atoms with Crippen molar-refractivity contribution in [3.05, 3.63) is 12.2 Å². The number of ether oxygens (including phenoxy) is 1. The molecule has 0 unspecified atom stereocenters. The molecule has 10 atom stereocenters. The second-order valence-corrected chi connectivity index (χ2v) is 15.1. The van der Waals surface area contributed by atoms with Crippen molar-refractivity contribution in [2.24, 2.45) is 56.7 Å². The molecule has 0 aromatic carbocycles. The quantitative estimate of drug-likeness (QED) is 0.265. The number of rotatable bonds is 4. The van der Waals surface area contributed by atoms with Gasteiger partial charge in [0, 0.05) is 12.3 Å². The molecule has 202 valence electrons. The number of aliphatic hydroxyl groups excluding tert-OH is 1. The number of aliphatic hydroxyl groups is 1. The summed E-state index contributed by atoms with van der Waals surface area (Å²) < 4.78 is 5.73. The maximum atomic E-state index is 11.9. The molecule has 0 radical (unpaired) electrons. The number of hydrogen-bond acceptors (Lipinski definition) is 4. The number of carbonyl (C=O) groups is 2. The maximum Gasteiger partial charge on any atom is 0.302 e. The lowest BCUT2D eigenvalue weighted by atomic mass is 9.32. The van der Waals surface area contributed by atoms with Crippen LogP contribution in [-0.4, -0.2) is 30.1 Å². The van der Waals surface area contributed by atoms with Gasteiger partial charge in [-0.3, -0.25) is 9.59 Å². The summed E-state index contributed by atoms with van der Waals surface area (Å²) in [7, 11) is 0. The summed E-state index contributed by atoms with van der Waals surface area (Å²) >= 11 is 0. The third-order valence-corrected chi connectivity index (χ3v) is 13.8. The fraction of sp³-hybridized carbons (Fsp3) is 0.875. The largest absolute Gasteiger partial charge is 0.465 e. The molecule has 4 nitrogen and oxygen atoms in total. The van der Waals surface area contributed by atoms with E-state index >= 15 is 0 Å². The van der Waals surface area contributed by atoms with E-state index in [0.29, 0.717) is 30.3 Å². The van der Waals surface area contributed by atoms with E-state index in [1.54, 1.807) is 0 Å². The van der Waals surface area contributed by atoms with Gasteiger partial charge in [0.05, 0.1) is 12.7 Å². The van der Waals surface area contributed by atoms with Crippen molar-refractivity contribution in [1.82, 2.24) is 0 Å². The Morgan fingerprint density at radius 1 is 0.917 bits per heavy atom. The second kappa shape index (κ2) is 8.42. The average Bonchev–Trinajstić information content (AvgIpc) is 3.20. The summed E-state index contributed by atoms with van der Waals surface area (Å²) in [6, 6.07) is 0. The Morgan fingerprint density at radius 2 is 1.64 bits per heavy atom. The molecule has 5 saturated carbocycles. The monoisotopic (exact) mass is 498 g/mol. The van der Waals surface area contributed by atoms with Gasteiger partial charge in [0.2, 0.25) is 0 Å². The first kappa shape index (κ1) is 26.4. The van der Waals surface area contributed by atoms with Crippen LogP contribution in [0.2, 0.25) is 0 Å². The Morgan fingerprint density at radius 3 is 2.31 bits per heavy atom. The highest BCUT2D eigenvalue weighted by Crippen LogP contribution is 2.77. The third kappa shape index (κ3) is 3.34. The SMILES string of the molecule is C=C(C=O)[C@@H]1CC[C@]2(COC(C)=O)CC[C@]3(C)[C@H](CC[C@@H]4[C@@]5(C)CC[C@H](O)C(C)(C)[C@@H]5CC[C@]43C)[C@@H]12. The molecule has 5 fully saturated rings. The van der Waals surface area contributed by atoms with Crippen molar-refractivity contribution >= 4 is 12.3 Å². The second-order valence-electron chi connectivity index (χ2n) is 15.1. The zero-order valence-electron chi connectivity index (χ0n) is 23.7. The molecule has 36 heavy (non-hydrogen) atoms. The van der Waals surface area contributed by atoms with Gasteiger partial charge < -0.3 is 9.84 Å². The standard InChI is InChI=1S/C32H50O4/c1-20(18-33)22-10-15-32(19-36-21(2)34)17-16-30(6)23(27(22)32)8-9-25-29(5)13-12-26(35)28(3,4)24(29)11-14-31(25,30)7/h18,22-27,35H,1,8-17,19H2,2-7H3/t22-,23+,24-,25+,26-,27+,29-,30+,31+,32+/m0/s1. The van der Waals surface area contributed by atoms with Crippen LogP contribution in [0.25, 0.3) is 0 Å².